The molecule has 8 heteroatoms. The van der Waals surface area contributed by atoms with Crippen molar-refractivity contribution in [1.29, 1.82) is 0 Å². The van der Waals surface area contributed by atoms with Crippen LogP contribution in [-0.2, 0) is 9.53 Å². The second-order valence-corrected chi connectivity index (χ2v) is 8.11. The van der Waals surface area contributed by atoms with Crippen molar-refractivity contribution in [3.63, 3.8) is 0 Å². The number of piperazine rings is 1. The van der Waals surface area contributed by atoms with Crippen LogP contribution in [0.1, 0.15) is 5.56 Å². The third-order valence-electron chi connectivity index (χ3n) is 5.64. The predicted octanol–water partition coefficient (Wildman–Crippen LogP) is 2.88. The van der Waals surface area contributed by atoms with Gasteiger partial charge in [0.15, 0.2) is 0 Å². The van der Waals surface area contributed by atoms with Crippen LogP contribution in [0.2, 0.25) is 0 Å². The van der Waals surface area contributed by atoms with Crippen molar-refractivity contribution in [2.45, 2.75) is 6.92 Å². The van der Waals surface area contributed by atoms with Gasteiger partial charge in [-0.3, -0.25) is 14.6 Å². The lowest BCUT2D eigenvalue weighted by molar-refractivity contribution is -0.117. The molecule has 2 N–H and O–H groups in total. The standard InChI is InChI=1S/C24H30N6O2/c1-18-4-3-5-19(14-18)28-24-21-15-20(6-7-22(21)25-17-26-24)27-23(31)16-30-10-8-29(9-11-30)12-13-32-2/h3-7,14-15,17H,8-13,16H2,1-2H3,(H,27,31)(H,25,26,28). The molecule has 8 nitrogen and oxygen atoms in total. The second kappa shape index (κ2) is 10.5. The zero-order chi connectivity index (χ0) is 22.3. The van der Waals surface area contributed by atoms with Crippen LogP contribution in [0.5, 0.6) is 0 Å². The minimum atomic E-state index is -0.0141. The number of aromatic nitrogens is 2. The van der Waals surface area contributed by atoms with Crippen LogP contribution in [0.3, 0.4) is 0 Å². The first kappa shape index (κ1) is 22.1. The van der Waals surface area contributed by atoms with Gasteiger partial charge in [-0.15, -0.1) is 0 Å². The molecule has 0 bridgehead atoms. The molecule has 168 valence electrons. The zero-order valence-corrected chi connectivity index (χ0v) is 18.7. The van der Waals surface area contributed by atoms with Gasteiger partial charge >= 0.3 is 0 Å². The van der Waals surface area contributed by atoms with Crippen LogP contribution >= 0.6 is 0 Å². The smallest absolute Gasteiger partial charge is 0.238 e. The number of nitrogens with one attached hydrogen (secondary N) is 2. The molecule has 1 fully saturated rings. The summed E-state index contributed by atoms with van der Waals surface area (Å²) in [6.45, 7) is 7.80. The number of aryl methyl sites for hydroxylation is 1. The van der Waals surface area contributed by atoms with Gasteiger partial charge in [-0.25, -0.2) is 9.97 Å². The average Bonchev–Trinajstić information content (AvgIpc) is 2.79. The van der Waals surface area contributed by atoms with Crippen LogP contribution in [0.25, 0.3) is 10.9 Å². The molecular formula is C24H30N6O2. The SMILES string of the molecule is COCCN1CCN(CC(=O)Nc2ccc3ncnc(Nc4cccc(C)c4)c3c2)CC1. The van der Waals surface area contributed by atoms with Gasteiger partial charge in [0, 0.05) is 56.6 Å². The van der Waals surface area contributed by atoms with Crippen molar-refractivity contribution in [2.24, 2.45) is 0 Å². The number of benzene rings is 2. The summed E-state index contributed by atoms with van der Waals surface area (Å²) in [5.74, 6) is 0.698. The normalized spacial score (nSPS) is 15.1. The molecule has 2 heterocycles. The van der Waals surface area contributed by atoms with Gasteiger partial charge in [-0.1, -0.05) is 12.1 Å². The maximum absolute atomic E-state index is 12.7. The number of amides is 1. The van der Waals surface area contributed by atoms with E-state index in [1.54, 1.807) is 13.4 Å². The van der Waals surface area contributed by atoms with Gasteiger partial charge in [0.05, 0.1) is 18.7 Å². The van der Waals surface area contributed by atoms with Crippen molar-refractivity contribution >= 4 is 34.0 Å². The molecule has 4 rings (SSSR count). The Morgan fingerprint density at radius 1 is 1.03 bits per heavy atom. The van der Waals surface area contributed by atoms with Crippen molar-refractivity contribution in [3.05, 3.63) is 54.4 Å². The first-order chi connectivity index (χ1) is 15.6. The van der Waals surface area contributed by atoms with E-state index >= 15 is 0 Å². The van der Waals surface area contributed by atoms with E-state index in [9.17, 15) is 4.79 Å². The Morgan fingerprint density at radius 3 is 2.62 bits per heavy atom. The van der Waals surface area contributed by atoms with Crippen molar-refractivity contribution in [1.82, 2.24) is 19.8 Å². The fraction of sp³-hybridized carbons (Fsp3) is 0.375. The fourth-order valence-corrected chi connectivity index (χ4v) is 3.89. The molecule has 1 aliphatic rings. The summed E-state index contributed by atoms with van der Waals surface area (Å²) < 4.78 is 5.15. The molecule has 3 aromatic rings. The molecule has 0 atom stereocenters. The van der Waals surface area contributed by atoms with Gasteiger partial charge in [0.2, 0.25) is 5.91 Å². The van der Waals surface area contributed by atoms with E-state index in [1.165, 1.54) is 5.56 Å². The van der Waals surface area contributed by atoms with Gasteiger partial charge in [-0.2, -0.15) is 0 Å². The topological polar surface area (TPSA) is 82.6 Å². The molecule has 0 unspecified atom stereocenters. The Labute approximate surface area is 188 Å². The van der Waals surface area contributed by atoms with Crippen LogP contribution < -0.4 is 10.6 Å². The average molecular weight is 435 g/mol. The van der Waals surface area contributed by atoms with E-state index in [2.05, 4.69) is 49.5 Å². The highest BCUT2D eigenvalue weighted by molar-refractivity contribution is 5.97. The van der Waals surface area contributed by atoms with Crippen LogP contribution in [0.4, 0.5) is 17.2 Å². The van der Waals surface area contributed by atoms with Gasteiger partial charge < -0.3 is 15.4 Å². The van der Waals surface area contributed by atoms with E-state index in [-0.39, 0.29) is 5.91 Å². The van der Waals surface area contributed by atoms with E-state index in [0.717, 1.165) is 61.6 Å². The number of methoxy groups -OCH3 is 1. The van der Waals surface area contributed by atoms with E-state index in [1.807, 2.05) is 30.3 Å². The molecule has 1 aliphatic heterocycles. The Morgan fingerprint density at radius 2 is 1.84 bits per heavy atom. The maximum Gasteiger partial charge on any atom is 0.238 e. The Bertz CT molecular complexity index is 1070. The molecule has 0 aliphatic carbocycles. The number of fused-ring (bicyclic) bond motifs is 1. The third-order valence-corrected chi connectivity index (χ3v) is 5.64. The lowest BCUT2D eigenvalue weighted by Gasteiger charge is -2.34. The number of rotatable bonds is 8. The summed E-state index contributed by atoms with van der Waals surface area (Å²) in [6.07, 6.45) is 1.55. The Balaban J connectivity index is 1.40. The highest BCUT2D eigenvalue weighted by Gasteiger charge is 2.19. The summed E-state index contributed by atoms with van der Waals surface area (Å²) in [7, 11) is 1.72. The molecule has 2 aromatic carbocycles. The van der Waals surface area contributed by atoms with Crippen LogP contribution in [0.15, 0.2) is 48.8 Å². The minimum Gasteiger partial charge on any atom is -0.383 e. The van der Waals surface area contributed by atoms with Gasteiger partial charge in [0.1, 0.15) is 12.1 Å². The number of carbonyl (C=O) groups is 1. The molecular weight excluding hydrogens is 404 g/mol. The summed E-state index contributed by atoms with van der Waals surface area (Å²) >= 11 is 0. The summed E-state index contributed by atoms with van der Waals surface area (Å²) in [5.41, 5.74) is 3.69. The van der Waals surface area contributed by atoms with E-state index in [0.29, 0.717) is 12.4 Å². The Hall–Kier alpha value is -3.07. The number of hydrogen-bond acceptors (Lipinski definition) is 7. The molecule has 0 radical (unpaired) electrons. The van der Waals surface area contributed by atoms with E-state index in [4.69, 9.17) is 4.74 Å². The zero-order valence-electron chi connectivity index (χ0n) is 18.7. The monoisotopic (exact) mass is 434 g/mol. The number of anilines is 3. The number of carbonyl (C=O) groups excluding carboxylic acids is 1. The van der Waals surface area contributed by atoms with Crippen molar-refractivity contribution < 1.29 is 9.53 Å². The molecule has 32 heavy (non-hydrogen) atoms. The maximum atomic E-state index is 12.7. The van der Waals surface area contributed by atoms with Crippen LogP contribution in [-0.4, -0.2) is 78.7 Å². The molecule has 0 spiro atoms. The van der Waals surface area contributed by atoms with Crippen molar-refractivity contribution in [3.8, 4) is 0 Å². The lowest BCUT2D eigenvalue weighted by atomic mass is 10.2. The molecule has 1 amide bonds. The second-order valence-electron chi connectivity index (χ2n) is 8.11. The largest absolute Gasteiger partial charge is 0.383 e. The highest BCUT2D eigenvalue weighted by atomic mass is 16.5. The first-order valence-electron chi connectivity index (χ1n) is 10.9. The predicted molar refractivity (Wildman–Crippen MR) is 127 cm³/mol. The number of nitrogens with zero attached hydrogens (tertiary/aromatic N) is 4. The molecule has 1 aromatic heterocycles. The molecule has 0 saturated carbocycles. The summed E-state index contributed by atoms with van der Waals surface area (Å²) in [4.78, 5) is 26.0. The van der Waals surface area contributed by atoms with Crippen molar-refractivity contribution in [2.75, 3.05) is 63.6 Å². The quantitative estimate of drug-likeness (QED) is 0.564. The fourth-order valence-electron chi connectivity index (χ4n) is 3.89. The lowest BCUT2D eigenvalue weighted by Crippen LogP contribution is -2.49. The summed E-state index contributed by atoms with van der Waals surface area (Å²) in [6, 6.07) is 13.8. The third kappa shape index (κ3) is 5.79. The Kier molecular flexibility index (Phi) is 7.26. The minimum absolute atomic E-state index is 0.0141. The first-order valence-corrected chi connectivity index (χ1v) is 10.9. The highest BCUT2D eigenvalue weighted by Crippen LogP contribution is 2.26. The van der Waals surface area contributed by atoms with Gasteiger partial charge in [0.25, 0.3) is 0 Å². The van der Waals surface area contributed by atoms with Crippen LogP contribution in [0, 0.1) is 6.92 Å². The number of hydrogen-bond donors (Lipinski definition) is 2. The van der Waals surface area contributed by atoms with E-state index < -0.39 is 0 Å². The van der Waals surface area contributed by atoms with Gasteiger partial charge in [-0.05, 0) is 42.8 Å². The molecule has 1 saturated heterocycles. The number of ether oxygens (including phenoxy) is 1. The summed E-state index contributed by atoms with van der Waals surface area (Å²) in [5, 5.41) is 7.26.